The highest BCUT2D eigenvalue weighted by Gasteiger charge is 2.13. The molecule has 0 aliphatic rings. The van der Waals surface area contributed by atoms with Gasteiger partial charge >= 0.3 is 0 Å². The Hall–Kier alpha value is -3.32. The average Bonchev–Trinajstić information content (AvgIpc) is 3.21. The molecule has 1 amide bonds. The minimum absolute atomic E-state index is 0.241. The van der Waals surface area contributed by atoms with Crippen LogP contribution in [0.5, 0.6) is 0 Å². The number of carbonyl (C=O) groups is 1. The summed E-state index contributed by atoms with van der Waals surface area (Å²) in [7, 11) is 0. The summed E-state index contributed by atoms with van der Waals surface area (Å²) < 4.78 is 1.64. The number of nitrogens with one attached hydrogen (secondary N) is 1. The zero-order chi connectivity index (χ0) is 17.1. The van der Waals surface area contributed by atoms with Gasteiger partial charge in [-0.2, -0.15) is 4.52 Å². The van der Waals surface area contributed by atoms with Gasteiger partial charge < -0.3 is 0 Å². The van der Waals surface area contributed by atoms with Crippen LogP contribution in [0, 0.1) is 0 Å². The molecule has 122 valence electrons. The number of nitrogens with zero attached hydrogens (tertiary/aromatic N) is 4. The number of fused-ring (bicyclic) bond motifs is 1. The molecule has 1 N–H and O–H groups in total. The lowest BCUT2D eigenvalue weighted by Crippen LogP contribution is -2.07. The third kappa shape index (κ3) is 3.31. The molecule has 0 aliphatic carbocycles. The van der Waals surface area contributed by atoms with E-state index in [-0.39, 0.29) is 5.91 Å². The van der Waals surface area contributed by atoms with Crippen molar-refractivity contribution in [2.45, 2.75) is 0 Å². The zero-order valence-corrected chi connectivity index (χ0v) is 13.9. The Labute approximate surface area is 147 Å². The standard InChI is InChI=1S/C18H13N5OS/c24-15(12-11-13-7-3-1-4-8-13)19-17-22-23-16(20-21-18(23)25-17)14-9-5-2-6-10-14/h1-12H,(H,19,22,24). The van der Waals surface area contributed by atoms with Gasteiger partial charge in [0.1, 0.15) is 0 Å². The van der Waals surface area contributed by atoms with Crippen molar-refractivity contribution < 1.29 is 4.79 Å². The molecule has 2 heterocycles. The van der Waals surface area contributed by atoms with Gasteiger partial charge in [0.2, 0.25) is 16.0 Å². The fourth-order valence-corrected chi connectivity index (χ4v) is 3.06. The molecule has 0 spiro atoms. The number of aromatic nitrogens is 4. The molecule has 4 aromatic rings. The predicted octanol–water partition coefficient (Wildman–Crippen LogP) is 3.50. The molecule has 25 heavy (non-hydrogen) atoms. The van der Waals surface area contributed by atoms with Crippen LogP contribution in [0.15, 0.2) is 66.7 Å². The van der Waals surface area contributed by atoms with Crippen LogP contribution in [-0.2, 0) is 4.79 Å². The van der Waals surface area contributed by atoms with Crippen molar-refractivity contribution in [1.82, 2.24) is 19.8 Å². The van der Waals surface area contributed by atoms with E-state index in [4.69, 9.17) is 0 Å². The van der Waals surface area contributed by atoms with Gasteiger partial charge in [-0.1, -0.05) is 72.0 Å². The molecule has 0 bridgehead atoms. The van der Waals surface area contributed by atoms with E-state index in [1.54, 1.807) is 10.6 Å². The van der Waals surface area contributed by atoms with Crippen LogP contribution in [0.1, 0.15) is 5.56 Å². The fraction of sp³-hybridized carbons (Fsp3) is 0. The summed E-state index contributed by atoms with van der Waals surface area (Å²) >= 11 is 1.28. The minimum Gasteiger partial charge on any atom is -0.297 e. The van der Waals surface area contributed by atoms with Gasteiger partial charge in [-0.25, -0.2) is 0 Å². The number of benzene rings is 2. The molecule has 7 heteroatoms. The van der Waals surface area contributed by atoms with E-state index in [9.17, 15) is 4.79 Å². The quantitative estimate of drug-likeness (QED) is 0.574. The second kappa shape index (κ2) is 6.66. The molecule has 0 saturated heterocycles. The maximum atomic E-state index is 12.1. The van der Waals surface area contributed by atoms with Crippen LogP contribution < -0.4 is 5.32 Å². The number of hydrogen-bond acceptors (Lipinski definition) is 5. The smallest absolute Gasteiger partial charge is 0.250 e. The summed E-state index contributed by atoms with van der Waals surface area (Å²) in [4.78, 5) is 12.7. The monoisotopic (exact) mass is 347 g/mol. The van der Waals surface area contributed by atoms with E-state index >= 15 is 0 Å². The highest BCUT2D eigenvalue weighted by Crippen LogP contribution is 2.23. The summed E-state index contributed by atoms with van der Waals surface area (Å²) in [5.74, 6) is 0.405. The Kier molecular flexibility index (Phi) is 4.05. The fourth-order valence-electron chi connectivity index (χ4n) is 2.32. The molecule has 2 aromatic heterocycles. The van der Waals surface area contributed by atoms with Crippen molar-refractivity contribution in [3.05, 3.63) is 72.3 Å². The van der Waals surface area contributed by atoms with Crippen molar-refractivity contribution in [1.29, 1.82) is 0 Å². The van der Waals surface area contributed by atoms with Gasteiger partial charge in [-0.15, -0.1) is 15.3 Å². The zero-order valence-electron chi connectivity index (χ0n) is 13.0. The summed E-state index contributed by atoms with van der Waals surface area (Å²) in [5, 5.41) is 15.9. The highest BCUT2D eigenvalue weighted by atomic mass is 32.1. The second-order valence-corrected chi connectivity index (χ2v) is 6.18. The predicted molar refractivity (Wildman–Crippen MR) is 98.2 cm³/mol. The molecular formula is C18H13N5OS. The Balaban J connectivity index is 1.54. The highest BCUT2D eigenvalue weighted by molar-refractivity contribution is 7.20. The van der Waals surface area contributed by atoms with E-state index in [1.807, 2.05) is 60.7 Å². The first-order valence-electron chi connectivity index (χ1n) is 7.61. The van der Waals surface area contributed by atoms with Gasteiger partial charge in [-0.3, -0.25) is 10.1 Å². The Morgan fingerprint density at radius 2 is 1.72 bits per heavy atom. The Morgan fingerprint density at radius 1 is 1.00 bits per heavy atom. The number of anilines is 1. The lowest BCUT2D eigenvalue weighted by molar-refractivity contribution is -0.111. The van der Waals surface area contributed by atoms with Crippen molar-refractivity contribution in [2.24, 2.45) is 0 Å². The molecule has 6 nitrogen and oxygen atoms in total. The average molecular weight is 347 g/mol. The van der Waals surface area contributed by atoms with E-state index in [0.29, 0.717) is 15.9 Å². The number of hydrogen-bond donors (Lipinski definition) is 1. The molecule has 0 radical (unpaired) electrons. The Bertz CT molecular complexity index is 1040. The van der Waals surface area contributed by atoms with Gasteiger partial charge in [0.05, 0.1) is 0 Å². The van der Waals surface area contributed by atoms with E-state index in [2.05, 4.69) is 20.6 Å². The van der Waals surface area contributed by atoms with Crippen LogP contribution in [0.3, 0.4) is 0 Å². The number of rotatable bonds is 4. The number of amides is 1. The lowest BCUT2D eigenvalue weighted by atomic mass is 10.2. The topological polar surface area (TPSA) is 72.2 Å². The summed E-state index contributed by atoms with van der Waals surface area (Å²) in [6.45, 7) is 0. The van der Waals surface area contributed by atoms with Crippen LogP contribution in [-0.4, -0.2) is 25.7 Å². The third-order valence-corrected chi connectivity index (χ3v) is 4.29. The van der Waals surface area contributed by atoms with Gasteiger partial charge in [-0.05, 0) is 11.6 Å². The van der Waals surface area contributed by atoms with Gasteiger partial charge in [0.25, 0.3) is 0 Å². The first kappa shape index (κ1) is 15.2. The van der Waals surface area contributed by atoms with Crippen molar-refractivity contribution in [3.8, 4) is 11.4 Å². The first-order valence-corrected chi connectivity index (χ1v) is 8.43. The first-order chi connectivity index (χ1) is 12.3. The molecule has 0 fully saturated rings. The second-order valence-electron chi connectivity index (χ2n) is 5.22. The van der Waals surface area contributed by atoms with Crippen molar-refractivity contribution in [3.63, 3.8) is 0 Å². The van der Waals surface area contributed by atoms with Crippen LogP contribution in [0.25, 0.3) is 22.4 Å². The Morgan fingerprint density at radius 3 is 2.48 bits per heavy atom. The van der Waals surface area contributed by atoms with Crippen LogP contribution >= 0.6 is 11.3 Å². The summed E-state index contributed by atoms with van der Waals surface area (Å²) in [5.41, 5.74) is 1.88. The van der Waals surface area contributed by atoms with Crippen LogP contribution in [0.4, 0.5) is 5.13 Å². The van der Waals surface area contributed by atoms with Crippen LogP contribution in [0.2, 0.25) is 0 Å². The van der Waals surface area contributed by atoms with Gasteiger partial charge in [0, 0.05) is 11.6 Å². The lowest BCUT2D eigenvalue weighted by Gasteiger charge is -1.97. The summed E-state index contributed by atoms with van der Waals surface area (Å²) in [6.07, 6.45) is 3.24. The molecule has 4 rings (SSSR count). The molecule has 0 atom stereocenters. The number of carbonyl (C=O) groups excluding carboxylic acids is 1. The maximum Gasteiger partial charge on any atom is 0.250 e. The maximum absolute atomic E-state index is 12.1. The molecule has 0 unspecified atom stereocenters. The normalized spacial score (nSPS) is 11.2. The van der Waals surface area contributed by atoms with E-state index < -0.39 is 0 Å². The largest absolute Gasteiger partial charge is 0.297 e. The molecular weight excluding hydrogens is 334 g/mol. The molecule has 0 aliphatic heterocycles. The molecule has 2 aromatic carbocycles. The molecule has 0 saturated carbocycles. The van der Waals surface area contributed by atoms with E-state index in [0.717, 1.165) is 11.1 Å². The SMILES string of the molecule is O=C(C=Cc1ccccc1)Nc1nn2c(-c3ccccc3)nnc2s1. The van der Waals surface area contributed by atoms with Gasteiger partial charge in [0.15, 0.2) is 5.82 Å². The van der Waals surface area contributed by atoms with E-state index in [1.165, 1.54) is 17.4 Å². The van der Waals surface area contributed by atoms with Crippen molar-refractivity contribution in [2.75, 3.05) is 5.32 Å². The minimum atomic E-state index is -0.241. The van der Waals surface area contributed by atoms with Crippen molar-refractivity contribution >= 4 is 33.4 Å². The summed E-state index contributed by atoms with van der Waals surface area (Å²) in [6, 6.07) is 19.3. The third-order valence-electron chi connectivity index (χ3n) is 3.48.